The summed E-state index contributed by atoms with van der Waals surface area (Å²) in [4.78, 5) is 37.3. The second-order valence-electron chi connectivity index (χ2n) is 13.5. The van der Waals surface area contributed by atoms with Crippen molar-refractivity contribution in [3.8, 4) is 0 Å². The number of esters is 3. The van der Waals surface area contributed by atoms with Gasteiger partial charge in [-0.05, 0) is 70.6 Å². The molecule has 0 aliphatic carbocycles. The Balaban J connectivity index is 4.32. The van der Waals surface area contributed by atoms with Crippen molar-refractivity contribution in [1.82, 2.24) is 0 Å². The van der Waals surface area contributed by atoms with Crippen LogP contribution in [0.25, 0.3) is 0 Å². The molecule has 0 saturated carbocycles. The lowest BCUT2D eigenvalue weighted by molar-refractivity contribution is -0.167. The van der Waals surface area contributed by atoms with Crippen molar-refractivity contribution in [3.05, 3.63) is 48.6 Å². The average Bonchev–Trinajstić information content (AvgIpc) is 3.11. The zero-order chi connectivity index (χ0) is 36.6. The summed E-state index contributed by atoms with van der Waals surface area (Å²) in [7, 11) is 0. The van der Waals surface area contributed by atoms with Gasteiger partial charge in [-0.15, -0.1) is 0 Å². The largest absolute Gasteiger partial charge is 0.462 e. The molecule has 1 unspecified atom stereocenters. The second kappa shape index (κ2) is 39.2. The lowest BCUT2D eigenvalue weighted by Gasteiger charge is -2.18. The van der Waals surface area contributed by atoms with E-state index >= 15 is 0 Å². The third kappa shape index (κ3) is 36.6. The highest BCUT2D eigenvalue weighted by Gasteiger charge is 2.19. The molecule has 0 spiro atoms. The molecule has 0 rings (SSSR count). The quantitative estimate of drug-likeness (QED) is 0.0280. The molecule has 0 N–H and O–H groups in total. The molecule has 0 saturated heterocycles. The Morgan fingerprint density at radius 1 is 0.400 bits per heavy atom. The van der Waals surface area contributed by atoms with Gasteiger partial charge in [0.1, 0.15) is 13.2 Å². The number of ether oxygens (including phenoxy) is 3. The highest BCUT2D eigenvalue weighted by Crippen LogP contribution is 2.12. The highest BCUT2D eigenvalue weighted by molar-refractivity contribution is 5.71. The molecule has 6 nitrogen and oxygen atoms in total. The van der Waals surface area contributed by atoms with Crippen LogP contribution >= 0.6 is 0 Å². The fourth-order valence-corrected chi connectivity index (χ4v) is 5.38. The van der Waals surface area contributed by atoms with Crippen molar-refractivity contribution < 1.29 is 28.6 Å². The Morgan fingerprint density at radius 3 is 1.24 bits per heavy atom. The zero-order valence-electron chi connectivity index (χ0n) is 32.7. The van der Waals surface area contributed by atoms with Crippen molar-refractivity contribution in [1.29, 1.82) is 0 Å². The molecule has 0 radical (unpaired) electrons. The predicted octanol–water partition coefficient (Wildman–Crippen LogP) is 12.8. The third-order valence-corrected chi connectivity index (χ3v) is 8.54. The van der Waals surface area contributed by atoms with Crippen LogP contribution < -0.4 is 0 Å². The summed E-state index contributed by atoms with van der Waals surface area (Å²) in [6.07, 6.45) is 44.0. The van der Waals surface area contributed by atoms with Gasteiger partial charge >= 0.3 is 17.9 Å². The van der Waals surface area contributed by atoms with Gasteiger partial charge in [-0.3, -0.25) is 14.4 Å². The molecule has 0 aliphatic heterocycles. The summed E-state index contributed by atoms with van der Waals surface area (Å²) in [6.45, 7) is 6.40. The van der Waals surface area contributed by atoms with Gasteiger partial charge < -0.3 is 14.2 Å². The summed E-state index contributed by atoms with van der Waals surface area (Å²) in [6, 6.07) is 0. The van der Waals surface area contributed by atoms with Crippen molar-refractivity contribution in [2.45, 2.75) is 200 Å². The topological polar surface area (TPSA) is 78.9 Å². The van der Waals surface area contributed by atoms with E-state index in [1.807, 2.05) is 0 Å². The van der Waals surface area contributed by atoms with Crippen molar-refractivity contribution in [2.24, 2.45) is 0 Å². The van der Waals surface area contributed by atoms with E-state index in [2.05, 4.69) is 69.4 Å². The molecule has 50 heavy (non-hydrogen) atoms. The summed E-state index contributed by atoms with van der Waals surface area (Å²) < 4.78 is 16.5. The summed E-state index contributed by atoms with van der Waals surface area (Å²) in [5.41, 5.74) is 0. The van der Waals surface area contributed by atoms with Crippen LogP contribution in [0, 0.1) is 0 Å². The van der Waals surface area contributed by atoms with Gasteiger partial charge in [0.05, 0.1) is 0 Å². The predicted molar refractivity (Wildman–Crippen MR) is 210 cm³/mol. The molecular formula is C44H76O6. The molecule has 0 aliphatic rings. The lowest BCUT2D eigenvalue weighted by atomic mass is 10.1. The molecule has 0 amide bonds. The number of hydrogen-bond donors (Lipinski definition) is 0. The molecule has 6 heteroatoms. The van der Waals surface area contributed by atoms with Crippen LogP contribution in [0.15, 0.2) is 48.6 Å². The maximum absolute atomic E-state index is 12.6. The molecule has 0 aromatic rings. The highest BCUT2D eigenvalue weighted by atomic mass is 16.6. The number of unbranched alkanes of at least 4 members (excludes halogenated alkanes) is 17. The van der Waals surface area contributed by atoms with Crippen molar-refractivity contribution >= 4 is 17.9 Å². The summed E-state index contributed by atoms with van der Waals surface area (Å²) >= 11 is 0. The Labute approximate surface area is 307 Å². The lowest BCUT2D eigenvalue weighted by Crippen LogP contribution is -2.30. The standard InChI is InChI=1S/C44H76O6/c1-4-7-10-13-15-17-19-21-23-24-26-28-31-34-37-43(46)49-40-41(39-48-42(45)36-33-30-12-9-6-3)50-44(47)38-35-32-29-27-25-22-20-18-16-14-11-8-5-2/h11,13-15,18-21,41H,4-10,12,16-17,22-40H2,1-3H3/b14-11-,15-13-,20-18-,21-19-. The Kier molecular flexibility index (Phi) is 37.1. The molecule has 0 heterocycles. The number of carbonyl (C=O) groups is 3. The van der Waals surface area contributed by atoms with Crippen LogP contribution in [-0.4, -0.2) is 37.2 Å². The smallest absolute Gasteiger partial charge is 0.306 e. The fourth-order valence-electron chi connectivity index (χ4n) is 5.38. The monoisotopic (exact) mass is 701 g/mol. The Hall–Kier alpha value is -2.63. The average molecular weight is 701 g/mol. The Bertz CT molecular complexity index is 902. The second-order valence-corrected chi connectivity index (χ2v) is 13.5. The fraction of sp³-hybridized carbons (Fsp3) is 0.750. The number of allylic oxidation sites excluding steroid dienone is 8. The van der Waals surface area contributed by atoms with E-state index in [9.17, 15) is 14.4 Å². The normalized spacial score (nSPS) is 12.5. The minimum Gasteiger partial charge on any atom is -0.462 e. The van der Waals surface area contributed by atoms with Crippen molar-refractivity contribution in [3.63, 3.8) is 0 Å². The Morgan fingerprint density at radius 2 is 0.780 bits per heavy atom. The summed E-state index contributed by atoms with van der Waals surface area (Å²) in [5.74, 6) is -0.934. The number of carbonyl (C=O) groups excluding carboxylic acids is 3. The molecular weight excluding hydrogens is 624 g/mol. The first-order valence-electron chi connectivity index (χ1n) is 20.6. The van der Waals surface area contributed by atoms with Gasteiger partial charge in [0.2, 0.25) is 0 Å². The van der Waals surface area contributed by atoms with Crippen LogP contribution in [0.1, 0.15) is 194 Å². The van der Waals surface area contributed by atoms with E-state index in [0.29, 0.717) is 19.3 Å². The van der Waals surface area contributed by atoms with Crippen LogP contribution in [0.5, 0.6) is 0 Å². The third-order valence-electron chi connectivity index (χ3n) is 8.54. The van der Waals surface area contributed by atoms with Crippen LogP contribution in [0.2, 0.25) is 0 Å². The van der Waals surface area contributed by atoms with Gasteiger partial charge in [-0.2, -0.15) is 0 Å². The number of hydrogen-bond acceptors (Lipinski definition) is 6. The first kappa shape index (κ1) is 47.4. The minimum absolute atomic E-state index is 0.0850. The maximum Gasteiger partial charge on any atom is 0.306 e. The zero-order valence-corrected chi connectivity index (χ0v) is 32.7. The van der Waals surface area contributed by atoms with E-state index in [0.717, 1.165) is 116 Å². The maximum atomic E-state index is 12.6. The van der Waals surface area contributed by atoms with Gasteiger partial charge in [0, 0.05) is 19.3 Å². The first-order chi connectivity index (χ1) is 24.5. The SMILES string of the molecule is CCC/C=C\C/C=C\CCCCCCCC(=O)OC(COC(=O)CCCCCCC)COC(=O)CCCCCCC/C=C\C/C=C\CCCC. The van der Waals surface area contributed by atoms with Crippen LogP contribution in [-0.2, 0) is 28.6 Å². The molecule has 0 aromatic heterocycles. The first-order valence-corrected chi connectivity index (χ1v) is 20.6. The molecule has 0 bridgehead atoms. The molecule has 288 valence electrons. The molecule has 0 aromatic carbocycles. The van der Waals surface area contributed by atoms with E-state index in [4.69, 9.17) is 14.2 Å². The molecule has 1 atom stereocenters. The van der Waals surface area contributed by atoms with E-state index in [1.54, 1.807) is 0 Å². The number of rotatable bonds is 36. The van der Waals surface area contributed by atoms with E-state index in [-0.39, 0.29) is 31.1 Å². The van der Waals surface area contributed by atoms with Gasteiger partial charge in [0.15, 0.2) is 6.10 Å². The van der Waals surface area contributed by atoms with Crippen LogP contribution in [0.4, 0.5) is 0 Å². The van der Waals surface area contributed by atoms with Gasteiger partial charge in [0.25, 0.3) is 0 Å². The van der Waals surface area contributed by atoms with Crippen LogP contribution in [0.3, 0.4) is 0 Å². The van der Waals surface area contributed by atoms with Crippen molar-refractivity contribution in [2.75, 3.05) is 13.2 Å². The molecule has 0 fully saturated rings. The van der Waals surface area contributed by atoms with Gasteiger partial charge in [-0.25, -0.2) is 0 Å². The minimum atomic E-state index is -0.779. The summed E-state index contributed by atoms with van der Waals surface area (Å²) in [5, 5.41) is 0. The van der Waals surface area contributed by atoms with E-state index in [1.165, 1.54) is 38.5 Å². The van der Waals surface area contributed by atoms with E-state index < -0.39 is 6.10 Å². The van der Waals surface area contributed by atoms with Gasteiger partial charge in [-0.1, -0.05) is 153 Å².